The van der Waals surface area contributed by atoms with E-state index in [9.17, 15) is 0 Å². The van der Waals surface area contributed by atoms with Crippen LogP contribution in [0.3, 0.4) is 0 Å². The first kappa shape index (κ1) is 13.0. The first-order valence-electron chi connectivity index (χ1n) is 6.06. The number of hydrogen-bond donors (Lipinski definition) is 1. The number of hydrogen-bond acceptors (Lipinski definition) is 5. The summed E-state index contributed by atoms with van der Waals surface area (Å²) < 4.78 is 9.60. The van der Waals surface area contributed by atoms with E-state index in [0.29, 0.717) is 6.61 Å². The molecule has 0 aliphatic rings. The molecule has 2 rings (SSSR count). The topological polar surface area (TPSA) is 61.0 Å². The molecule has 1 unspecified atom stereocenters. The first-order valence-corrected chi connectivity index (χ1v) is 6.83. The third-order valence-electron chi connectivity index (χ3n) is 2.76. The van der Waals surface area contributed by atoms with Crippen molar-refractivity contribution in [3.8, 4) is 5.75 Å². The van der Waals surface area contributed by atoms with Gasteiger partial charge in [0, 0.05) is 5.56 Å². The zero-order chi connectivity index (χ0) is 13.0. The van der Waals surface area contributed by atoms with Crippen molar-refractivity contribution in [1.29, 1.82) is 0 Å². The van der Waals surface area contributed by atoms with Gasteiger partial charge in [0.15, 0.2) is 0 Å². The van der Waals surface area contributed by atoms with E-state index in [1.54, 1.807) is 0 Å². The molecule has 0 saturated carbocycles. The molecule has 0 amide bonds. The average molecular weight is 263 g/mol. The van der Waals surface area contributed by atoms with Gasteiger partial charge in [0.05, 0.1) is 23.2 Å². The van der Waals surface area contributed by atoms with E-state index >= 15 is 0 Å². The maximum atomic E-state index is 6.32. The summed E-state index contributed by atoms with van der Waals surface area (Å²) >= 11 is 1.36. The molecule has 1 aromatic heterocycles. The summed E-state index contributed by atoms with van der Waals surface area (Å²) in [7, 11) is 0. The molecule has 5 heteroatoms. The number of para-hydroxylation sites is 1. The van der Waals surface area contributed by atoms with E-state index in [2.05, 4.69) is 16.5 Å². The summed E-state index contributed by atoms with van der Waals surface area (Å²) in [6.07, 6.45) is 0.844. The van der Waals surface area contributed by atoms with Gasteiger partial charge in [-0.2, -0.15) is 0 Å². The second-order valence-electron chi connectivity index (χ2n) is 3.89. The van der Waals surface area contributed by atoms with Crippen LogP contribution >= 0.6 is 11.5 Å². The molecule has 0 bridgehead atoms. The van der Waals surface area contributed by atoms with Gasteiger partial charge >= 0.3 is 0 Å². The number of benzene rings is 1. The fourth-order valence-corrected chi connectivity index (χ4v) is 2.62. The lowest BCUT2D eigenvalue weighted by molar-refractivity contribution is 0.335. The second kappa shape index (κ2) is 5.93. The highest BCUT2D eigenvalue weighted by molar-refractivity contribution is 7.05. The SMILES string of the molecule is CCOc1ccccc1C(N)c1snnc1CC. The minimum absolute atomic E-state index is 0.220. The molecule has 0 fully saturated rings. The Balaban J connectivity index is 2.36. The summed E-state index contributed by atoms with van der Waals surface area (Å²) in [6.45, 7) is 4.65. The van der Waals surface area contributed by atoms with Crippen molar-refractivity contribution in [3.05, 3.63) is 40.4 Å². The van der Waals surface area contributed by atoms with Crippen molar-refractivity contribution in [2.24, 2.45) is 5.73 Å². The molecule has 2 aromatic rings. The number of rotatable bonds is 5. The van der Waals surface area contributed by atoms with Crippen molar-refractivity contribution in [2.45, 2.75) is 26.3 Å². The molecular weight excluding hydrogens is 246 g/mol. The second-order valence-corrected chi connectivity index (χ2v) is 4.67. The predicted molar refractivity (Wildman–Crippen MR) is 72.9 cm³/mol. The minimum Gasteiger partial charge on any atom is -0.494 e. The van der Waals surface area contributed by atoms with E-state index in [0.717, 1.165) is 28.3 Å². The number of nitrogens with two attached hydrogens (primary N) is 1. The van der Waals surface area contributed by atoms with Gasteiger partial charge in [0.25, 0.3) is 0 Å². The first-order chi connectivity index (χ1) is 8.77. The normalized spacial score (nSPS) is 12.4. The lowest BCUT2D eigenvalue weighted by atomic mass is 10.0. The van der Waals surface area contributed by atoms with Gasteiger partial charge in [-0.1, -0.05) is 29.6 Å². The Bertz CT molecular complexity index is 512. The van der Waals surface area contributed by atoms with Gasteiger partial charge in [0.1, 0.15) is 5.75 Å². The predicted octanol–water partition coefficient (Wildman–Crippen LogP) is 2.55. The van der Waals surface area contributed by atoms with E-state index in [4.69, 9.17) is 10.5 Å². The molecule has 1 heterocycles. The van der Waals surface area contributed by atoms with Crippen LogP contribution in [0.2, 0.25) is 0 Å². The van der Waals surface area contributed by atoms with Crippen LogP contribution in [-0.2, 0) is 6.42 Å². The molecule has 96 valence electrons. The van der Waals surface area contributed by atoms with Gasteiger partial charge in [-0.25, -0.2) is 0 Å². The zero-order valence-electron chi connectivity index (χ0n) is 10.6. The molecule has 0 saturated heterocycles. The smallest absolute Gasteiger partial charge is 0.124 e. The highest BCUT2D eigenvalue weighted by Crippen LogP contribution is 2.31. The molecule has 18 heavy (non-hydrogen) atoms. The Morgan fingerprint density at radius 1 is 1.33 bits per heavy atom. The third-order valence-corrected chi connectivity index (χ3v) is 3.61. The van der Waals surface area contributed by atoms with Gasteiger partial charge in [-0.05, 0) is 30.9 Å². The van der Waals surface area contributed by atoms with Crippen LogP contribution in [0.5, 0.6) is 5.75 Å². The molecule has 4 nitrogen and oxygen atoms in total. The van der Waals surface area contributed by atoms with Gasteiger partial charge in [-0.15, -0.1) is 5.10 Å². The molecule has 2 N–H and O–H groups in total. The average Bonchev–Trinajstić information content (AvgIpc) is 2.87. The van der Waals surface area contributed by atoms with Crippen LogP contribution in [0.15, 0.2) is 24.3 Å². The van der Waals surface area contributed by atoms with E-state index in [1.165, 1.54) is 11.5 Å². The highest BCUT2D eigenvalue weighted by Gasteiger charge is 2.19. The van der Waals surface area contributed by atoms with Crippen LogP contribution in [0.1, 0.15) is 36.0 Å². The van der Waals surface area contributed by atoms with Gasteiger partial charge < -0.3 is 10.5 Å². The Kier molecular flexibility index (Phi) is 4.28. The molecular formula is C13H17N3OS. The lowest BCUT2D eigenvalue weighted by Crippen LogP contribution is -2.14. The van der Waals surface area contributed by atoms with Crippen molar-refractivity contribution >= 4 is 11.5 Å². The van der Waals surface area contributed by atoms with Gasteiger partial charge in [-0.3, -0.25) is 0 Å². The lowest BCUT2D eigenvalue weighted by Gasteiger charge is -2.15. The Hall–Kier alpha value is -1.46. The number of nitrogens with zero attached hydrogens (tertiary/aromatic N) is 2. The zero-order valence-corrected chi connectivity index (χ0v) is 11.4. The maximum Gasteiger partial charge on any atom is 0.124 e. The quantitative estimate of drug-likeness (QED) is 0.900. The van der Waals surface area contributed by atoms with Crippen LogP contribution in [-0.4, -0.2) is 16.2 Å². The standard InChI is InChI=1S/C13H17N3OS/c1-3-10-13(18-16-15-10)12(14)9-7-5-6-8-11(9)17-4-2/h5-8,12H,3-4,14H2,1-2H3. The summed E-state index contributed by atoms with van der Waals surface area (Å²) in [5, 5.41) is 4.10. The van der Waals surface area contributed by atoms with Crippen molar-refractivity contribution in [1.82, 2.24) is 9.59 Å². The minimum atomic E-state index is -0.220. The molecule has 1 atom stereocenters. The Morgan fingerprint density at radius 3 is 2.83 bits per heavy atom. The summed E-state index contributed by atoms with van der Waals surface area (Å²) in [4.78, 5) is 1.02. The van der Waals surface area contributed by atoms with Crippen molar-refractivity contribution in [2.75, 3.05) is 6.61 Å². The number of aromatic nitrogens is 2. The maximum absolute atomic E-state index is 6.32. The van der Waals surface area contributed by atoms with Crippen LogP contribution in [0, 0.1) is 0 Å². The van der Waals surface area contributed by atoms with E-state index < -0.39 is 0 Å². The molecule has 1 aromatic carbocycles. The molecule has 0 aliphatic heterocycles. The Morgan fingerprint density at radius 2 is 2.11 bits per heavy atom. The summed E-state index contributed by atoms with van der Waals surface area (Å²) in [5.41, 5.74) is 8.28. The largest absolute Gasteiger partial charge is 0.494 e. The monoisotopic (exact) mass is 263 g/mol. The van der Waals surface area contributed by atoms with E-state index in [-0.39, 0.29) is 6.04 Å². The van der Waals surface area contributed by atoms with Crippen LogP contribution in [0.4, 0.5) is 0 Å². The van der Waals surface area contributed by atoms with E-state index in [1.807, 2.05) is 31.2 Å². The fraction of sp³-hybridized carbons (Fsp3) is 0.385. The van der Waals surface area contributed by atoms with Crippen molar-refractivity contribution in [3.63, 3.8) is 0 Å². The summed E-state index contributed by atoms with van der Waals surface area (Å²) in [5.74, 6) is 0.836. The molecule has 0 spiro atoms. The third kappa shape index (κ3) is 2.52. The molecule has 0 radical (unpaired) electrons. The van der Waals surface area contributed by atoms with Crippen LogP contribution in [0.25, 0.3) is 0 Å². The summed E-state index contributed by atoms with van der Waals surface area (Å²) in [6, 6.07) is 7.64. The van der Waals surface area contributed by atoms with Crippen molar-refractivity contribution < 1.29 is 4.74 Å². The highest BCUT2D eigenvalue weighted by atomic mass is 32.1. The number of ether oxygens (including phenoxy) is 1. The van der Waals surface area contributed by atoms with Gasteiger partial charge in [0.2, 0.25) is 0 Å². The Labute approximate surface area is 111 Å². The molecule has 0 aliphatic carbocycles. The van der Waals surface area contributed by atoms with Crippen LogP contribution < -0.4 is 10.5 Å². The fourth-order valence-electron chi connectivity index (χ4n) is 1.86. The number of aryl methyl sites for hydroxylation is 1.